The number of anilines is 1. The molecule has 0 bridgehead atoms. The molecule has 0 radical (unpaired) electrons. The van der Waals surface area contributed by atoms with Gasteiger partial charge in [0, 0.05) is 30.0 Å². The number of amides is 1. The summed E-state index contributed by atoms with van der Waals surface area (Å²) in [4.78, 5) is 27.0. The zero-order valence-electron chi connectivity index (χ0n) is 22.3. The maximum absolute atomic E-state index is 13.2. The molecule has 1 aromatic heterocycles. The zero-order chi connectivity index (χ0) is 28.9. The van der Waals surface area contributed by atoms with E-state index >= 15 is 0 Å². The second kappa shape index (κ2) is 12.5. The predicted molar refractivity (Wildman–Crippen MR) is 154 cm³/mol. The molecule has 2 heterocycles. The highest BCUT2D eigenvalue weighted by Crippen LogP contribution is 2.38. The molecular formula is C29H30N2O7S2. The number of fused-ring (bicyclic) bond motifs is 1. The fraction of sp³-hybridized carbons (Fsp3) is 0.241. The summed E-state index contributed by atoms with van der Waals surface area (Å²) < 4.78 is 43.3. The van der Waals surface area contributed by atoms with Crippen LogP contribution in [0, 0.1) is 6.92 Å². The highest BCUT2D eigenvalue weighted by Gasteiger charge is 2.26. The van der Waals surface area contributed by atoms with Gasteiger partial charge in [-0.05, 0) is 61.4 Å². The van der Waals surface area contributed by atoms with Gasteiger partial charge in [-0.15, -0.1) is 24.5 Å². The fourth-order valence-electron chi connectivity index (χ4n) is 4.16. The monoisotopic (exact) mass is 582 g/mol. The molecule has 4 rings (SSSR count). The average molecular weight is 583 g/mol. The number of carbonyl (C=O) groups is 2. The molecule has 0 unspecified atom stereocenters. The van der Waals surface area contributed by atoms with Gasteiger partial charge in [0.15, 0.2) is 11.5 Å². The summed E-state index contributed by atoms with van der Waals surface area (Å²) in [7, 11) is -3.80. The fourth-order valence-corrected chi connectivity index (χ4v) is 6.77. The molecule has 0 spiro atoms. The minimum absolute atomic E-state index is 0.0398. The number of nitrogens with one attached hydrogen (secondary N) is 1. The van der Waals surface area contributed by atoms with E-state index in [2.05, 4.69) is 18.5 Å². The first-order valence-electron chi connectivity index (χ1n) is 12.5. The van der Waals surface area contributed by atoms with Gasteiger partial charge < -0.3 is 19.5 Å². The largest absolute Gasteiger partial charge is 0.462 e. The van der Waals surface area contributed by atoms with Crippen molar-refractivity contribution in [1.29, 1.82) is 0 Å². The van der Waals surface area contributed by atoms with Crippen LogP contribution in [0.15, 0.2) is 72.7 Å². The van der Waals surface area contributed by atoms with E-state index in [0.29, 0.717) is 34.0 Å². The molecule has 1 N–H and O–H groups in total. The molecule has 1 amide bonds. The van der Waals surface area contributed by atoms with E-state index in [4.69, 9.17) is 14.2 Å². The van der Waals surface area contributed by atoms with Crippen molar-refractivity contribution in [3.05, 3.63) is 94.9 Å². The Bertz CT molecular complexity index is 1530. The van der Waals surface area contributed by atoms with Gasteiger partial charge in [0.25, 0.3) is 5.91 Å². The second-order valence-electron chi connectivity index (χ2n) is 8.82. The number of ether oxygens (including phenoxy) is 3. The Morgan fingerprint density at radius 1 is 1.07 bits per heavy atom. The summed E-state index contributed by atoms with van der Waals surface area (Å²) in [6.07, 6.45) is 3.50. The second-order valence-corrected chi connectivity index (χ2v) is 11.9. The number of thiophene rings is 1. The summed E-state index contributed by atoms with van der Waals surface area (Å²) in [5.41, 5.74) is 2.19. The van der Waals surface area contributed by atoms with Crippen molar-refractivity contribution in [2.45, 2.75) is 25.2 Å². The van der Waals surface area contributed by atoms with Crippen LogP contribution in [-0.2, 0) is 21.2 Å². The van der Waals surface area contributed by atoms with Crippen molar-refractivity contribution in [2.24, 2.45) is 0 Å². The lowest BCUT2D eigenvalue weighted by atomic mass is 10.1. The molecule has 0 aliphatic carbocycles. The quantitative estimate of drug-likeness (QED) is 0.232. The molecule has 2 aromatic carbocycles. The van der Waals surface area contributed by atoms with Gasteiger partial charge in [0.05, 0.1) is 17.1 Å². The number of carbonyl (C=O) groups excluding carboxylic acids is 2. The van der Waals surface area contributed by atoms with Crippen molar-refractivity contribution in [3.63, 3.8) is 0 Å². The number of nitrogens with zero attached hydrogens (tertiary/aromatic N) is 1. The van der Waals surface area contributed by atoms with Crippen LogP contribution in [0.2, 0.25) is 0 Å². The van der Waals surface area contributed by atoms with Crippen LogP contribution in [-0.4, -0.2) is 51.1 Å². The Balaban J connectivity index is 1.59. The lowest BCUT2D eigenvalue weighted by Gasteiger charge is -2.19. The molecule has 9 nitrogen and oxygen atoms in total. The van der Waals surface area contributed by atoms with E-state index in [1.807, 2.05) is 25.1 Å². The number of esters is 1. The molecule has 0 fully saturated rings. The smallest absolute Gasteiger partial charge is 0.341 e. The van der Waals surface area contributed by atoms with E-state index in [9.17, 15) is 18.0 Å². The van der Waals surface area contributed by atoms with Crippen LogP contribution < -0.4 is 14.8 Å². The van der Waals surface area contributed by atoms with Crippen LogP contribution >= 0.6 is 11.3 Å². The van der Waals surface area contributed by atoms with Crippen molar-refractivity contribution in [3.8, 4) is 11.5 Å². The van der Waals surface area contributed by atoms with Gasteiger partial charge >= 0.3 is 5.97 Å². The lowest BCUT2D eigenvalue weighted by Crippen LogP contribution is -2.31. The first-order chi connectivity index (χ1) is 19.2. The van der Waals surface area contributed by atoms with Gasteiger partial charge in [0.1, 0.15) is 5.00 Å². The number of hydrogen-bond acceptors (Lipinski definition) is 8. The van der Waals surface area contributed by atoms with Crippen molar-refractivity contribution in [1.82, 2.24) is 4.31 Å². The van der Waals surface area contributed by atoms with E-state index < -0.39 is 21.9 Å². The van der Waals surface area contributed by atoms with Gasteiger partial charge in [-0.2, -0.15) is 4.31 Å². The Kier molecular flexibility index (Phi) is 9.08. The van der Waals surface area contributed by atoms with E-state index in [1.165, 1.54) is 52.1 Å². The highest BCUT2D eigenvalue weighted by molar-refractivity contribution is 7.89. The van der Waals surface area contributed by atoms with E-state index in [-0.39, 0.29) is 36.9 Å². The van der Waals surface area contributed by atoms with Crippen LogP contribution in [0.3, 0.4) is 0 Å². The summed E-state index contributed by atoms with van der Waals surface area (Å²) in [5.74, 6) is 0.321. The summed E-state index contributed by atoms with van der Waals surface area (Å²) in [5, 5.41) is 3.18. The molecule has 3 aromatic rings. The minimum atomic E-state index is -3.80. The topological polar surface area (TPSA) is 111 Å². The third-order valence-corrected chi connectivity index (χ3v) is 9.23. The lowest BCUT2D eigenvalue weighted by molar-refractivity contribution is 0.0527. The van der Waals surface area contributed by atoms with Gasteiger partial charge in [0.2, 0.25) is 16.8 Å². The molecule has 40 heavy (non-hydrogen) atoms. The SMILES string of the molecule is C=CCN(CC=C)S(=O)(=O)c1ccc(C(=O)Nc2sc(Cc3ccc4c(c3)OCO4)c(C)c2C(=O)OCC)cc1. The predicted octanol–water partition coefficient (Wildman–Crippen LogP) is 5.17. The van der Waals surface area contributed by atoms with E-state index in [1.54, 1.807) is 6.92 Å². The molecular weight excluding hydrogens is 552 g/mol. The van der Waals surface area contributed by atoms with Crippen molar-refractivity contribution < 1.29 is 32.2 Å². The van der Waals surface area contributed by atoms with Gasteiger partial charge in [-0.25, -0.2) is 13.2 Å². The Morgan fingerprint density at radius 2 is 1.75 bits per heavy atom. The Hall–Kier alpha value is -3.93. The standard InChI is InChI=1S/C29H30N2O7S2/c1-5-14-31(15-6-2)40(34,35)22-11-9-21(10-12-22)27(32)30-28-26(29(33)36-7-3)19(4)25(39-28)17-20-8-13-23-24(16-20)38-18-37-23/h5-6,8-13,16H,1-2,7,14-15,17-18H2,3-4H3,(H,30,32). The number of rotatable bonds is 12. The number of benzene rings is 2. The van der Waals surface area contributed by atoms with Crippen LogP contribution in [0.4, 0.5) is 5.00 Å². The number of hydrogen-bond donors (Lipinski definition) is 1. The normalized spacial score (nSPS) is 12.3. The molecule has 0 saturated carbocycles. The van der Waals surface area contributed by atoms with Gasteiger partial charge in [-0.3, -0.25) is 4.79 Å². The Morgan fingerprint density at radius 3 is 2.40 bits per heavy atom. The van der Waals surface area contributed by atoms with Crippen LogP contribution in [0.25, 0.3) is 0 Å². The Labute approximate surface area is 237 Å². The van der Waals surface area contributed by atoms with E-state index in [0.717, 1.165) is 10.4 Å². The first-order valence-corrected chi connectivity index (χ1v) is 14.8. The van der Waals surface area contributed by atoms with Crippen LogP contribution in [0.1, 0.15) is 43.6 Å². The van der Waals surface area contributed by atoms with Gasteiger partial charge in [-0.1, -0.05) is 18.2 Å². The van der Waals surface area contributed by atoms with Crippen LogP contribution in [0.5, 0.6) is 11.5 Å². The zero-order valence-corrected chi connectivity index (χ0v) is 23.9. The average Bonchev–Trinajstić information content (AvgIpc) is 3.52. The molecule has 0 atom stereocenters. The molecule has 1 aliphatic rings. The minimum Gasteiger partial charge on any atom is -0.462 e. The van der Waals surface area contributed by atoms with Crippen molar-refractivity contribution in [2.75, 3.05) is 31.8 Å². The summed E-state index contributed by atoms with van der Waals surface area (Å²) in [6.45, 7) is 11.4. The molecule has 1 aliphatic heterocycles. The summed E-state index contributed by atoms with van der Waals surface area (Å²) >= 11 is 1.29. The molecule has 11 heteroatoms. The van der Waals surface area contributed by atoms with Crippen molar-refractivity contribution >= 4 is 38.2 Å². The highest BCUT2D eigenvalue weighted by atomic mass is 32.2. The summed E-state index contributed by atoms with van der Waals surface area (Å²) in [6, 6.07) is 11.3. The maximum atomic E-state index is 13.2. The molecule has 0 saturated heterocycles. The molecule has 210 valence electrons. The first kappa shape index (κ1) is 29.1. The third kappa shape index (κ3) is 6.11. The number of sulfonamides is 1. The third-order valence-electron chi connectivity index (χ3n) is 6.17. The maximum Gasteiger partial charge on any atom is 0.341 e.